The lowest BCUT2D eigenvalue weighted by molar-refractivity contribution is 0.0779. The van der Waals surface area contributed by atoms with E-state index in [4.69, 9.17) is 15.0 Å². The first-order valence-corrected chi connectivity index (χ1v) is 23.2. The predicted molar refractivity (Wildman–Crippen MR) is 250 cm³/mol. The fraction of sp³-hybridized carbons (Fsp3) is 0.386. The fourth-order valence-corrected chi connectivity index (χ4v) is 13.4. The molecule has 4 saturated carbocycles. The van der Waals surface area contributed by atoms with Gasteiger partial charge in [0.15, 0.2) is 17.5 Å². The molecule has 0 spiro atoms. The van der Waals surface area contributed by atoms with Gasteiger partial charge >= 0.3 is 0 Å². The zero-order valence-electron chi connectivity index (χ0n) is 36.7. The van der Waals surface area contributed by atoms with E-state index in [0.717, 1.165) is 63.3 Å². The van der Waals surface area contributed by atoms with Gasteiger partial charge in [-0.1, -0.05) is 88.4 Å². The number of aromatic nitrogens is 3. The van der Waals surface area contributed by atoms with Crippen LogP contribution in [0, 0.1) is 58.2 Å². The first-order valence-electron chi connectivity index (χ1n) is 23.2. The van der Waals surface area contributed by atoms with Crippen LogP contribution in [-0.4, -0.2) is 15.0 Å². The molecule has 4 unspecified atom stereocenters. The minimum absolute atomic E-state index is 0.269. The maximum atomic E-state index is 9.79. The van der Waals surface area contributed by atoms with E-state index in [1.807, 2.05) is 30.3 Å². The molecule has 0 radical (unpaired) electrons. The van der Waals surface area contributed by atoms with Crippen LogP contribution in [0.1, 0.15) is 114 Å². The highest BCUT2D eigenvalue weighted by molar-refractivity contribution is 5.80. The number of fused-ring (bicyclic) bond motifs is 4. The molecule has 4 aliphatic carbocycles. The van der Waals surface area contributed by atoms with Crippen LogP contribution < -0.4 is 0 Å². The maximum Gasteiger partial charge on any atom is 0.164 e. The van der Waals surface area contributed by atoms with E-state index in [1.54, 1.807) is 18.2 Å². The Kier molecular flexibility index (Phi) is 10.4. The van der Waals surface area contributed by atoms with Crippen LogP contribution >= 0.6 is 0 Å². The molecule has 0 aliphatic heterocycles. The number of rotatable bonds is 7. The van der Waals surface area contributed by atoms with Crippen molar-refractivity contribution in [3.8, 4) is 68.6 Å². The molecule has 0 amide bonds. The zero-order valence-corrected chi connectivity index (χ0v) is 36.7. The Balaban J connectivity index is 1.10. The van der Waals surface area contributed by atoms with E-state index < -0.39 is 0 Å². The topological polar surface area (TPSA) is 86.2 Å². The Labute approximate surface area is 368 Å². The van der Waals surface area contributed by atoms with E-state index in [-0.39, 0.29) is 10.8 Å². The lowest BCUT2D eigenvalue weighted by Gasteiger charge is -2.50. The van der Waals surface area contributed by atoms with Gasteiger partial charge in [0.2, 0.25) is 0 Å². The minimum Gasteiger partial charge on any atom is -0.208 e. The van der Waals surface area contributed by atoms with E-state index in [9.17, 15) is 10.5 Å². The largest absolute Gasteiger partial charge is 0.208 e. The van der Waals surface area contributed by atoms with Gasteiger partial charge in [-0.05, 0) is 199 Å². The second kappa shape index (κ2) is 16.1. The van der Waals surface area contributed by atoms with Gasteiger partial charge in [-0.15, -0.1) is 0 Å². The normalized spacial score (nSPS) is 27.8. The molecule has 4 aliphatic rings. The second-order valence-electron chi connectivity index (χ2n) is 20.5. The second-order valence-corrected chi connectivity index (χ2v) is 20.5. The van der Waals surface area contributed by atoms with Crippen LogP contribution in [0.2, 0.25) is 0 Å². The summed E-state index contributed by atoms with van der Waals surface area (Å²) in [5, 5.41) is 19.3. The number of nitrogens with zero attached hydrogens (tertiary/aromatic N) is 5. The first-order chi connectivity index (χ1) is 30.1. The average molecular weight is 812 g/mol. The van der Waals surface area contributed by atoms with Crippen molar-refractivity contribution >= 4 is 0 Å². The number of hydrogen-bond donors (Lipinski definition) is 0. The molecule has 10 rings (SSSR count). The molecule has 62 heavy (non-hydrogen) atoms. The molecule has 6 aromatic rings. The zero-order chi connectivity index (χ0) is 42.6. The Bertz CT molecular complexity index is 2560. The lowest BCUT2D eigenvalue weighted by Crippen LogP contribution is -2.42. The third kappa shape index (κ3) is 7.77. The summed E-state index contributed by atoms with van der Waals surface area (Å²) >= 11 is 0. The van der Waals surface area contributed by atoms with Crippen LogP contribution in [0.3, 0.4) is 0 Å². The van der Waals surface area contributed by atoms with Crippen LogP contribution in [0.15, 0.2) is 115 Å². The number of hydrogen-bond acceptors (Lipinski definition) is 5. The van der Waals surface area contributed by atoms with E-state index in [1.165, 1.54) is 86.5 Å². The van der Waals surface area contributed by atoms with Gasteiger partial charge in [0, 0.05) is 16.7 Å². The number of nitriles is 2. The van der Waals surface area contributed by atoms with Gasteiger partial charge in [0.05, 0.1) is 23.3 Å². The molecular weight excluding hydrogens is 755 g/mol. The van der Waals surface area contributed by atoms with Crippen molar-refractivity contribution in [3.63, 3.8) is 0 Å². The molecular formula is C57H57N5. The highest BCUT2D eigenvalue weighted by Crippen LogP contribution is 2.55. The van der Waals surface area contributed by atoms with Crippen molar-refractivity contribution in [2.45, 2.75) is 103 Å². The quantitative estimate of drug-likeness (QED) is 0.160. The average Bonchev–Trinajstić information content (AvgIpc) is 3.28. The highest BCUT2D eigenvalue weighted by Gasteiger charge is 2.46. The summed E-state index contributed by atoms with van der Waals surface area (Å²) in [5.41, 5.74) is 11.7. The molecule has 310 valence electrons. The van der Waals surface area contributed by atoms with Gasteiger partial charge in [-0.2, -0.15) is 10.5 Å². The lowest BCUT2D eigenvalue weighted by atomic mass is 9.54. The fourth-order valence-electron chi connectivity index (χ4n) is 13.4. The van der Waals surface area contributed by atoms with Gasteiger partial charge in [-0.25, -0.2) is 15.0 Å². The summed E-state index contributed by atoms with van der Waals surface area (Å²) in [7, 11) is 0. The van der Waals surface area contributed by atoms with E-state index >= 15 is 0 Å². The van der Waals surface area contributed by atoms with Crippen molar-refractivity contribution in [3.05, 3.63) is 138 Å². The molecule has 5 aromatic carbocycles. The minimum atomic E-state index is 0.269. The van der Waals surface area contributed by atoms with Crippen molar-refractivity contribution in [2.24, 2.45) is 35.5 Å². The molecule has 0 N–H and O–H groups in total. The Hall–Kier alpha value is -5.91. The third-order valence-corrected chi connectivity index (χ3v) is 15.3. The highest BCUT2D eigenvalue weighted by atomic mass is 15.0. The van der Waals surface area contributed by atoms with Crippen LogP contribution in [0.5, 0.6) is 0 Å². The summed E-state index contributed by atoms with van der Waals surface area (Å²) in [6.07, 6.45) is 13.2. The summed E-state index contributed by atoms with van der Waals surface area (Å²) < 4.78 is 0. The van der Waals surface area contributed by atoms with Crippen LogP contribution in [0.25, 0.3) is 56.4 Å². The molecule has 1 heterocycles. The van der Waals surface area contributed by atoms with E-state index in [2.05, 4.69) is 107 Å². The predicted octanol–water partition coefficient (Wildman–Crippen LogP) is 14.2. The van der Waals surface area contributed by atoms with Crippen molar-refractivity contribution in [1.29, 1.82) is 10.5 Å². The molecule has 5 nitrogen and oxygen atoms in total. The Morgan fingerprint density at radius 1 is 0.403 bits per heavy atom. The van der Waals surface area contributed by atoms with Crippen LogP contribution in [-0.2, 0) is 10.8 Å². The molecule has 4 fully saturated rings. The molecule has 8 atom stereocenters. The smallest absolute Gasteiger partial charge is 0.164 e. The monoisotopic (exact) mass is 811 g/mol. The molecule has 0 saturated heterocycles. The Morgan fingerprint density at radius 3 is 1.26 bits per heavy atom. The summed E-state index contributed by atoms with van der Waals surface area (Å²) in [5.74, 6) is 6.28. The van der Waals surface area contributed by atoms with Gasteiger partial charge in [0.25, 0.3) is 0 Å². The van der Waals surface area contributed by atoms with Gasteiger partial charge in [0.1, 0.15) is 0 Å². The van der Waals surface area contributed by atoms with Crippen molar-refractivity contribution in [2.75, 3.05) is 0 Å². The summed E-state index contributed by atoms with van der Waals surface area (Å²) in [6, 6.07) is 45.2. The van der Waals surface area contributed by atoms with Crippen LogP contribution in [0.4, 0.5) is 0 Å². The van der Waals surface area contributed by atoms with E-state index in [0.29, 0.717) is 28.6 Å². The maximum absolute atomic E-state index is 9.79. The van der Waals surface area contributed by atoms with Gasteiger partial charge in [-0.3, -0.25) is 0 Å². The molecule has 4 bridgehead atoms. The van der Waals surface area contributed by atoms with Crippen molar-refractivity contribution < 1.29 is 0 Å². The Morgan fingerprint density at radius 2 is 0.806 bits per heavy atom. The SMILES string of the molecule is C[C@@H]1CC2C[C@H](C)CC(c3ccc(-c4cc(-c5ccc(C67CC(C[C@@H](C)C6)C[C@H](C)C7)cc5)cc(-c5nc(-c6ccc(C#N)cc6)nc(-c6cccc(C#N)c6)n5)c4)cc3)(C2)C1. The summed E-state index contributed by atoms with van der Waals surface area (Å²) in [4.78, 5) is 15.2. The van der Waals surface area contributed by atoms with Gasteiger partial charge < -0.3 is 0 Å². The van der Waals surface area contributed by atoms with Crippen molar-refractivity contribution in [1.82, 2.24) is 15.0 Å². The first kappa shape index (κ1) is 40.2. The number of benzene rings is 5. The third-order valence-electron chi connectivity index (χ3n) is 15.3. The summed E-state index contributed by atoms with van der Waals surface area (Å²) in [6.45, 7) is 9.86. The molecule has 1 aromatic heterocycles. The standard InChI is InChI=1S/C57H57N5/c1-36-20-42-21-37(2)29-56(28-36,32-42)51-16-12-44(13-17-51)48-25-49(45-14-18-52(19-15-45)57-30-38(3)22-43(33-57)23-39(4)31-57)27-50(26-48)55-61-53(46-10-8-40(34-58)9-11-46)60-54(62-55)47-7-5-6-41(24-47)35-59/h5-19,24-27,36-39,42-43H,20-23,28-33H2,1-4H3/t36-,37+,38-,39+,42?,43?,56?,57?. The molecule has 5 heteroatoms.